The van der Waals surface area contributed by atoms with Crippen LogP contribution in [0.3, 0.4) is 0 Å². The van der Waals surface area contributed by atoms with Gasteiger partial charge in [0.15, 0.2) is 0 Å². The molecule has 1 heterocycles. The normalized spacial score (nSPS) is 13.6. The molecule has 2 aromatic carbocycles. The number of halogens is 1. The topological polar surface area (TPSA) is 46.9 Å². The van der Waals surface area contributed by atoms with E-state index in [1.807, 2.05) is 48.0 Å². The van der Waals surface area contributed by atoms with Crippen LogP contribution in [0.4, 0.5) is 0 Å². The van der Waals surface area contributed by atoms with E-state index in [0.717, 1.165) is 36.2 Å². The van der Waals surface area contributed by atoms with Gasteiger partial charge in [-0.2, -0.15) is 5.10 Å². The molecule has 0 atom stereocenters. The summed E-state index contributed by atoms with van der Waals surface area (Å²) in [5.74, 6) is 0.333. The standard InChI is InChI=1S/C22H22ClN3O/c1-15-7-10-18(13-20(15)23)26-21(17-8-9-17)19(14-25-26)22(27)24-12-11-16-5-3-2-4-6-16/h2-7,10,13-14,17H,8-9,11-12H2,1H3,(H,24,27). The lowest BCUT2D eigenvalue weighted by Gasteiger charge is -2.10. The van der Waals surface area contributed by atoms with E-state index in [0.29, 0.717) is 23.0 Å². The Morgan fingerprint density at radius 2 is 2.00 bits per heavy atom. The SMILES string of the molecule is Cc1ccc(-n2ncc(C(=O)NCCc3ccccc3)c2C2CC2)cc1Cl. The highest BCUT2D eigenvalue weighted by atomic mass is 35.5. The van der Waals surface area contributed by atoms with E-state index in [1.54, 1.807) is 6.20 Å². The van der Waals surface area contributed by atoms with Crippen molar-refractivity contribution in [3.05, 3.63) is 82.1 Å². The van der Waals surface area contributed by atoms with Crippen LogP contribution in [0, 0.1) is 6.92 Å². The van der Waals surface area contributed by atoms with Crippen molar-refractivity contribution >= 4 is 17.5 Å². The van der Waals surface area contributed by atoms with Crippen molar-refractivity contribution in [2.24, 2.45) is 0 Å². The number of rotatable bonds is 6. The van der Waals surface area contributed by atoms with Crippen LogP contribution in [0.2, 0.25) is 5.02 Å². The summed E-state index contributed by atoms with van der Waals surface area (Å²) in [6, 6.07) is 16.1. The van der Waals surface area contributed by atoms with Crippen molar-refractivity contribution in [1.29, 1.82) is 0 Å². The first-order valence-electron chi connectivity index (χ1n) is 9.30. The second kappa shape index (κ2) is 7.57. The molecule has 4 rings (SSSR count). The Kier molecular flexibility index (Phi) is 4.99. The molecule has 0 spiro atoms. The smallest absolute Gasteiger partial charge is 0.254 e. The van der Waals surface area contributed by atoms with Gasteiger partial charge in [0.1, 0.15) is 0 Å². The summed E-state index contributed by atoms with van der Waals surface area (Å²) in [6.45, 7) is 2.58. The lowest BCUT2D eigenvalue weighted by Crippen LogP contribution is -2.26. The third-order valence-electron chi connectivity index (χ3n) is 4.96. The number of aryl methyl sites for hydroxylation is 1. The third kappa shape index (κ3) is 3.91. The summed E-state index contributed by atoms with van der Waals surface area (Å²) < 4.78 is 1.87. The third-order valence-corrected chi connectivity index (χ3v) is 5.36. The van der Waals surface area contributed by atoms with Gasteiger partial charge >= 0.3 is 0 Å². The van der Waals surface area contributed by atoms with Gasteiger partial charge < -0.3 is 5.32 Å². The van der Waals surface area contributed by atoms with Crippen LogP contribution in [0.15, 0.2) is 54.7 Å². The quantitative estimate of drug-likeness (QED) is 0.675. The van der Waals surface area contributed by atoms with E-state index in [4.69, 9.17) is 11.6 Å². The second-order valence-corrected chi connectivity index (χ2v) is 7.46. The summed E-state index contributed by atoms with van der Waals surface area (Å²) in [7, 11) is 0. The number of hydrogen-bond donors (Lipinski definition) is 1. The minimum absolute atomic E-state index is 0.0581. The zero-order valence-electron chi connectivity index (χ0n) is 15.3. The summed E-state index contributed by atoms with van der Waals surface area (Å²) in [4.78, 5) is 12.8. The maximum atomic E-state index is 12.8. The van der Waals surface area contributed by atoms with Gasteiger partial charge in [0.05, 0.1) is 23.1 Å². The monoisotopic (exact) mass is 379 g/mol. The number of amides is 1. The average molecular weight is 380 g/mol. The first kappa shape index (κ1) is 17.8. The molecule has 0 aliphatic heterocycles. The molecule has 0 bridgehead atoms. The molecule has 138 valence electrons. The van der Waals surface area contributed by atoms with Crippen molar-refractivity contribution in [2.45, 2.75) is 32.1 Å². The van der Waals surface area contributed by atoms with Crippen LogP contribution in [0.1, 0.15) is 45.9 Å². The molecule has 0 radical (unpaired) electrons. The van der Waals surface area contributed by atoms with Crippen LogP contribution >= 0.6 is 11.6 Å². The Hall–Kier alpha value is -2.59. The van der Waals surface area contributed by atoms with E-state index >= 15 is 0 Å². The van der Waals surface area contributed by atoms with E-state index in [2.05, 4.69) is 22.5 Å². The maximum absolute atomic E-state index is 12.8. The molecule has 27 heavy (non-hydrogen) atoms. The Morgan fingerprint density at radius 3 is 2.70 bits per heavy atom. The lowest BCUT2D eigenvalue weighted by atomic mass is 10.1. The molecular formula is C22H22ClN3O. The molecule has 1 amide bonds. The fourth-order valence-corrected chi connectivity index (χ4v) is 3.44. The highest BCUT2D eigenvalue weighted by Gasteiger charge is 2.32. The molecule has 0 saturated heterocycles. The molecule has 3 aromatic rings. The molecule has 1 aliphatic carbocycles. The zero-order chi connectivity index (χ0) is 18.8. The lowest BCUT2D eigenvalue weighted by molar-refractivity contribution is 0.0953. The molecule has 1 saturated carbocycles. The summed E-state index contributed by atoms with van der Waals surface area (Å²) in [5, 5.41) is 8.25. The fourth-order valence-electron chi connectivity index (χ4n) is 3.26. The Balaban J connectivity index is 1.53. The minimum atomic E-state index is -0.0581. The van der Waals surface area contributed by atoms with Crippen LogP contribution in [0.5, 0.6) is 0 Å². The number of aromatic nitrogens is 2. The second-order valence-electron chi connectivity index (χ2n) is 7.05. The Morgan fingerprint density at radius 1 is 1.22 bits per heavy atom. The minimum Gasteiger partial charge on any atom is -0.352 e. The largest absolute Gasteiger partial charge is 0.352 e. The Bertz CT molecular complexity index is 961. The summed E-state index contributed by atoms with van der Waals surface area (Å²) in [5.41, 5.74) is 4.80. The highest BCUT2D eigenvalue weighted by Crippen LogP contribution is 2.42. The molecule has 0 unspecified atom stereocenters. The van der Waals surface area contributed by atoms with Gasteiger partial charge in [0, 0.05) is 17.5 Å². The van der Waals surface area contributed by atoms with Crippen LogP contribution in [-0.4, -0.2) is 22.2 Å². The number of hydrogen-bond acceptors (Lipinski definition) is 2. The maximum Gasteiger partial charge on any atom is 0.254 e. The predicted molar refractivity (Wildman–Crippen MR) is 108 cm³/mol. The predicted octanol–water partition coefficient (Wildman–Crippen LogP) is 4.68. The number of nitrogens with zero attached hydrogens (tertiary/aromatic N) is 2. The number of carbonyl (C=O) groups excluding carboxylic acids is 1. The molecule has 5 heteroatoms. The first-order chi connectivity index (χ1) is 13.1. The van der Waals surface area contributed by atoms with Gasteiger partial charge in [-0.15, -0.1) is 0 Å². The van der Waals surface area contributed by atoms with Crippen LogP contribution in [0.25, 0.3) is 5.69 Å². The van der Waals surface area contributed by atoms with Gasteiger partial charge in [0.2, 0.25) is 0 Å². The van der Waals surface area contributed by atoms with Crippen molar-refractivity contribution in [1.82, 2.24) is 15.1 Å². The summed E-state index contributed by atoms with van der Waals surface area (Å²) in [6.07, 6.45) is 4.68. The van der Waals surface area contributed by atoms with Gasteiger partial charge in [0.25, 0.3) is 5.91 Å². The summed E-state index contributed by atoms with van der Waals surface area (Å²) >= 11 is 6.29. The van der Waals surface area contributed by atoms with E-state index in [1.165, 1.54) is 5.56 Å². The van der Waals surface area contributed by atoms with Gasteiger partial charge in [-0.3, -0.25) is 4.79 Å². The van der Waals surface area contributed by atoms with Crippen LogP contribution in [-0.2, 0) is 6.42 Å². The molecule has 1 aromatic heterocycles. The van der Waals surface area contributed by atoms with E-state index in [-0.39, 0.29) is 5.91 Å². The average Bonchev–Trinajstić information content (AvgIpc) is 3.42. The molecule has 1 N–H and O–H groups in total. The molecular weight excluding hydrogens is 358 g/mol. The molecule has 4 nitrogen and oxygen atoms in total. The number of carbonyl (C=O) groups is 1. The molecule has 1 fully saturated rings. The number of benzene rings is 2. The Labute approximate surface area is 164 Å². The number of nitrogens with one attached hydrogen (secondary N) is 1. The van der Waals surface area contributed by atoms with Gasteiger partial charge in [-0.1, -0.05) is 48.0 Å². The van der Waals surface area contributed by atoms with Gasteiger partial charge in [-0.25, -0.2) is 4.68 Å². The van der Waals surface area contributed by atoms with E-state index < -0.39 is 0 Å². The van der Waals surface area contributed by atoms with Crippen molar-refractivity contribution in [2.75, 3.05) is 6.54 Å². The van der Waals surface area contributed by atoms with Crippen LogP contribution < -0.4 is 5.32 Å². The van der Waals surface area contributed by atoms with Crippen molar-refractivity contribution in [3.8, 4) is 5.69 Å². The van der Waals surface area contributed by atoms with Crippen molar-refractivity contribution in [3.63, 3.8) is 0 Å². The highest BCUT2D eigenvalue weighted by molar-refractivity contribution is 6.31. The zero-order valence-corrected chi connectivity index (χ0v) is 16.0. The molecule has 1 aliphatic rings. The fraction of sp³-hybridized carbons (Fsp3) is 0.273. The first-order valence-corrected chi connectivity index (χ1v) is 9.68. The van der Waals surface area contributed by atoms with E-state index in [9.17, 15) is 4.79 Å². The van der Waals surface area contributed by atoms with Gasteiger partial charge in [-0.05, 0) is 49.4 Å². The van der Waals surface area contributed by atoms with Crippen molar-refractivity contribution < 1.29 is 4.79 Å².